The van der Waals surface area contributed by atoms with E-state index in [0.717, 1.165) is 13.2 Å². The van der Waals surface area contributed by atoms with Crippen molar-refractivity contribution in [1.82, 2.24) is 0 Å². The summed E-state index contributed by atoms with van der Waals surface area (Å²) in [5.41, 5.74) is 3.77. The minimum Gasteiger partial charge on any atom is -0.377 e. The predicted octanol–water partition coefficient (Wildman–Crippen LogP) is 0.423. The fourth-order valence-corrected chi connectivity index (χ4v) is 1.96. The highest BCUT2D eigenvalue weighted by atomic mass is 16.5. The summed E-state index contributed by atoms with van der Waals surface area (Å²) in [6.45, 7) is 5.53. The number of hydrogen-bond acceptors (Lipinski definition) is 2. The minimum atomic E-state index is 0.518. The van der Waals surface area contributed by atoms with E-state index in [1.807, 2.05) is 6.08 Å². The van der Waals surface area contributed by atoms with E-state index in [9.17, 15) is 0 Å². The van der Waals surface area contributed by atoms with Crippen LogP contribution in [-0.2, 0) is 4.74 Å². The summed E-state index contributed by atoms with van der Waals surface area (Å²) in [6, 6.07) is 6.83. The molecular weight excluding hydrogens is 185 g/mol. The standard InChI is InChI=1S/C12H16BNO/c1-3-9-5-4-6-11(13)12(9)14(2)10-7-15-8-10/h3-6,10H,1,7-8,13H2,2H3. The lowest BCUT2D eigenvalue weighted by Crippen LogP contribution is -2.48. The Morgan fingerprint density at radius 2 is 2.27 bits per heavy atom. The second-order valence-corrected chi connectivity index (χ2v) is 4.02. The molecule has 78 valence electrons. The van der Waals surface area contributed by atoms with E-state index in [4.69, 9.17) is 4.74 Å². The quantitative estimate of drug-likeness (QED) is 0.657. The molecule has 3 heteroatoms. The van der Waals surface area contributed by atoms with Crippen molar-refractivity contribution in [2.75, 3.05) is 25.2 Å². The third-order valence-corrected chi connectivity index (χ3v) is 3.01. The number of likely N-dealkylation sites (N-methyl/N-ethyl adjacent to an activating group) is 1. The van der Waals surface area contributed by atoms with Crippen molar-refractivity contribution in [2.24, 2.45) is 0 Å². The molecule has 0 saturated carbocycles. The average molecular weight is 201 g/mol. The van der Waals surface area contributed by atoms with Crippen LogP contribution in [0.25, 0.3) is 6.08 Å². The zero-order chi connectivity index (χ0) is 10.8. The molecule has 0 amide bonds. The Balaban J connectivity index is 2.35. The molecule has 15 heavy (non-hydrogen) atoms. The molecule has 2 rings (SSSR count). The molecule has 0 aliphatic carbocycles. The van der Waals surface area contributed by atoms with Gasteiger partial charge >= 0.3 is 0 Å². The average Bonchev–Trinajstić information content (AvgIpc) is 2.14. The van der Waals surface area contributed by atoms with Crippen LogP contribution in [0.3, 0.4) is 0 Å². The van der Waals surface area contributed by atoms with Crippen molar-refractivity contribution in [3.8, 4) is 0 Å². The van der Waals surface area contributed by atoms with Gasteiger partial charge in [0.1, 0.15) is 7.85 Å². The van der Waals surface area contributed by atoms with E-state index in [2.05, 4.69) is 44.6 Å². The smallest absolute Gasteiger partial charge is 0.142 e. The second-order valence-electron chi connectivity index (χ2n) is 4.02. The fraction of sp³-hybridized carbons (Fsp3) is 0.333. The molecule has 0 unspecified atom stereocenters. The first-order valence-electron chi connectivity index (χ1n) is 5.26. The highest BCUT2D eigenvalue weighted by molar-refractivity contribution is 6.36. The van der Waals surface area contributed by atoms with Crippen LogP contribution in [0, 0.1) is 0 Å². The van der Waals surface area contributed by atoms with E-state index < -0.39 is 0 Å². The maximum absolute atomic E-state index is 5.22. The molecule has 2 nitrogen and oxygen atoms in total. The number of ether oxygens (including phenoxy) is 1. The Hall–Kier alpha value is -1.22. The summed E-state index contributed by atoms with van der Waals surface area (Å²) in [5.74, 6) is 0. The summed E-state index contributed by atoms with van der Waals surface area (Å²) in [4.78, 5) is 2.30. The highest BCUT2D eigenvalue weighted by Crippen LogP contribution is 2.22. The zero-order valence-electron chi connectivity index (χ0n) is 9.36. The van der Waals surface area contributed by atoms with Gasteiger partial charge in [0.25, 0.3) is 0 Å². The third kappa shape index (κ3) is 1.79. The van der Waals surface area contributed by atoms with Gasteiger partial charge in [-0.2, -0.15) is 0 Å². The molecule has 0 atom stereocenters. The van der Waals surface area contributed by atoms with Gasteiger partial charge in [0.2, 0.25) is 0 Å². The van der Waals surface area contributed by atoms with Crippen LogP contribution in [0.2, 0.25) is 0 Å². The van der Waals surface area contributed by atoms with Gasteiger partial charge in [-0.25, -0.2) is 0 Å². The Labute approximate surface area is 92.0 Å². The molecule has 0 bridgehead atoms. The largest absolute Gasteiger partial charge is 0.377 e. The Morgan fingerprint density at radius 1 is 1.53 bits per heavy atom. The molecule has 1 aromatic carbocycles. The molecule has 1 aliphatic heterocycles. The molecule has 1 heterocycles. The van der Waals surface area contributed by atoms with Crippen molar-refractivity contribution >= 4 is 25.1 Å². The number of rotatable bonds is 3. The first-order valence-corrected chi connectivity index (χ1v) is 5.26. The zero-order valence-corrected chi connectivity index (χ0v) is 9.36. The number of benzene rings is 1. The van der Waals surface area contributed by atoms with E-state index >= 15 is 0 Å². The lowest BCUT2D eigenvalue weighted by Gasteiger charge is -2.37. The SMILES string of the molecule is Bc1cccc(C=C)c1N(C)C1COC1. The van der Waals surface area contributed by atoms with Crippen LogP contribution in [0.15, 0.2) is 24.8 Å². The van der Waals surface area contributed by atoms with Crippen LogP contribution in [0.4, 0.5) is 5.69 Å². The lowest BCUT2D eigenvalue weighted by atomic mass is 9.90. The van der Waals surface area contributed by atoms with Crippen LogP contribution in [0.1, 0.15) is 5.56 Å². The van der Waals surface area contributed by atoms with Crippen molar-refractivity contribution in [1.29, 1.82) is 0 Å². The molecule has 0 radical (unpaired) electrons. The highest BCUT2D eigenvalue weighted by Gasteiger charge is 2.24. The fourth-order valence-electron chi connectivity index (χ4n) is 1.96. The number of anilines is 1. The van der Waals surface area contributed by atoms with Crippen molar-refractivity contribution in [3.63, 3.8) is 0 Å². The topological polar surface area (TPSA) is 12.5 Å². The molecule has 1 aromatic rings. The first-order chi connectivity index (χ1) is 7.24. The molecule has 0 aromatic heterocycles. The van der Waals surface area contributed by atoms with Gasteiger partial charge < -0.3 is 9.64 Å². The normalized spacial score (nSPS) is 15.8. The van der Waals surface area contributed by atoms with Crippen LogP contribution >= 0.6 is 0 Å². The summed E-state index contributed by atoms with van der Waals surface area (Å²) in [5, 5.41) is 0. The van der Waals surface area contributed by atoms with Gasteiger partial charge in [0.05, 0.1) is 19.3 Å². The van der Waals surface area contributed by atoms with Gasteiger partial charge in [-0.1, -0.05) is 36.3 Å². The van der Waals surface area contributed by atoms with Crippen molar-refractivity contribution in [2.45, 2.75) is 6.04 Å². The van der Waals surface area contributed by atoms with Gasteiger partial charge in [-0.15, -0.1) is 0 Å². The van der Waals surface area contributed by atoms with E-state index in [0.29, 0.717) is 6.04 Å². The molecular formula is C12H16BNO. The van der Waals surface area contributed by atoms with Gasteiger partial charge in [0.15, 0.2) is 0 Å². The Kier molecular flexibility index (Phi) is 2.82. The van der Waals surface area contributed by atoms with Gasteiger partial charge in [0, 0.05) is 12.7 Å². The maximum Gasteiger partial charge on any atom is 0.142 e. The molecule has 0 N–H and O–H groups in total. The predicted molar refractivity (Wildman–Crippen MR) is 67.7 cm³/mol. The van der Waals surface area contributed by atoms with Crippen molar-refractivity contribution < 1.29 is 4.74 Å². The van der Waals surface area contributed by atoms with Gasteiger partial charge in [-0.05, 0) is 5.56 Å². The Morgan fingerprint density at radius 3 is 2.80 bits per heavy atom. The third-order valence-electron chi connectivity index (χ3n) is 3.01. The van der Waals surface area contributed by atoms with Crippen LogP contribution in [-0.4, -0.2) is 34.1 Å². The Bertz CT molecular complexity index is 374. The van der Waals surface area contributed by atoms with E-state index in [-0.39, 0.29) is 0 Å². The molecule has 1 saturated heterocycles. The van der Waals surface area contributed by atoms with E-state index in [1.165, 1.54) is 16.7 Å². The van der Waals surface area contributed by atoms with Crippen molar-refractivity contribution in [3.05, 3.63) is 30.3 Å². The second kappa shape index (κ2) is 4.11. The molecule has 1 fully saturated rings. The van der Waals surface area contributed by atoms with Crippen LogP contribution in [0.5, 0.6) is 0 Å². The summed E-state index contributed by atoms with van der Waals surface area (Å²) in [7, 11) is 4.26. The maximum atomic E-state index is 5.22. The van der Waals surface area contributed by atoms with Gasteiger partial charge in [-0.3, -0.25) is 0 Å². The summed E-state index contributed by atoms with van der Waals surface area (Å²) < 4.78 is 5.22. The molecule has 0 spiro atoms. The number of para-hydroxylation sites is 1. The molecule has 1 aliphatic rings. The first kappa shape index (κ1) is 10.3. The summed E-state index contributed by atoms with van der Waals surface area (Å²) >= 11 is 0. The monoisotopic (exact) mass is 201 g/mol. The minimum absolute atomic E-state index is 0.518. The number of nitrogens with zero attached hydrogens (tertiary/aromatic N) is 1. The number of hydrogen-bond donors (Lipinski definition) is 0. The van der Waals surface area contributed by atoms with Crippen LogP contribution < -0.4 is 10.4 Å². The van der Waals surface area contributed by atoms with E-state index in [1.54, 1.807) is 0 Å². The lowest BCUT2D eigenvalue weighted by molar-refractivity contribution is 0.0102. The summed E-state index contributed by atoms with van der Waals surface area (Å²) in [6.07, 6.45) is 1.92.